The smallest absolute Gasteiger partial charge is 0.165 e. The van der Waals surface area contributed by atoms with E-state index < -0.39 is 6.10 Å². The first-order valence-corrected chi connectivity index (χ1v) is 7.39. The molecule has 0 aliphatic rings. The lowest BCUT2D eigenvalue weighted by Crippen LogP contribution is -2.11. The number of hydrogen-bond donors (Lipinski definition) is 1. The number of rotatable bonds is 5. The van der Waals surface area contributed by atoms with Crippen molar-refractivity contribution in [2.24, 2.45) is 0 Å². The van der Waals surface area contributed by atoms with E-state index in [1.165, 1.54) is 0 Å². The van der Waals surface area contributed by atoms with Gasteiger partial charge in [0.25, 0.3) is 0 Å². The largest absolute Gasteiger partial charge is 0.388 e. The zero-order chi connectivity index (χ0) is 15.4. The van der Waals surface area contributed by atoms with Crippen LogP contribution in [0.25, 0.3) is 0 Å². The van der Waals surface area contributed by atoms with Gasteiger partial charge in [-0.3, -0.25) is 4.79 Å². The Morgan fingerprint density at radius 2 is 1.86 bits per heavy atom. The van der Waals surface area contributed by atoms with Crippen molar-refractivity contribution in [1.29, 1.82) is 0 Å². The van der Waals surface area contributed by atoms with Gasteiger partial charge in [-0.2, -0.15) is 0 Å². The first kappa shape index (κ1) is 15.6. The Bertz CT molecular complexity index is 677. The van der Waals surface area contributed by atoms with Gasteiger partial charge >= 0.3 is 0 Å². The van der Waals surface area contributed by atoms with E-state index in [2.05, 4.69) is 0 Å². The summed E-state index contributed by atoms with van der Waals surface area (Å²) in [6.07, 6.45) is 1.05. The van der Waals surface area contributed by atoms with Crippen LogP contribution in [-0.2, 0) is 0 Å². The number of benzene rings is 1. The van der Waals surface area contributed by atoms with Crippen LogP contribution in [-0.4, -0.2) is 15.5 Å². The summed E-state index contributed by atoms with van der Waals surface area (Å²) in [5.41, 5.74) is 1.24. The number of nitrogens with zero attached hydrogens (tertiary/aromatic N) is 1. The van der Waals surface area contributed by atoms with Crippen LogP contribution in [0.2, 0.25) is 0 Å². The number of ketones is 1. The lowest BCUT2D eigenvalue weighted by Gasteiger charge is -2.16. The molecule has 0 aliphatic carbocycles. The van der Waals surface area contributed by atoms with E-state index in [1.807, 2.05) is 48.9 Å². The van der Waals surface area contributed by atoms with Crippen LogP contribution in [0.5, 0.6) is 0 Å². The first-order chi connectivity index (χ1) is 10.0. The Kier molecular flexibility index (Phi) is 5.04. The van der Waals surface area contributed by atoms with Gasteiger partial charge in [-0.15, -0.1) is 0 Å². The monoisotopic (exact) mass is 301 g/mol. The summed E-state index contributed by atoms with van der Waals surface area (Å²) >= 11 is 5.41. The summed E-state index contributed by atoms with van der Waals surface area (Å²) in [6, 6.07) is 12.8. The molecule has 0 bridgehead atoms. The number of carbonyl (C=O) groups excluding carboxylic acids is 1. The molecule has 1 atom stereocenters. The predicted molar refractivity (Wildman–Crippen MR) is 86.0 cm³/mol. The number of aliphatic hydroxyl groups excluding tert-OH is 1. The maximum Gasteiger partial charge on any atom is 0.165 e. The van der Waals surface area contributed by atoms with Gasteiger partial charge in [0.1, 0.15) is 4.64 Å². The first-order valence-electron chi connectivity index (χ1n) is 6.98. The molecular weight excluding hydrogens is 282 g/mol. The van der Waals surface area contributed by atoms with E-state index in [1.54, 1.807) is 18.2 Å². The molecule has 0 saturated carbocycles. The van der Waals surface area contributed by atoms with E-state index in [4.69, 9.17) is 12.2 Å². The Labute approximate surface area is 129 Å². The van der Waals surface area contributed by atoms with Crippen molar-refractivity contribution in [3.05, 3.63) is 64.4 Å². The topological polar surface area (TPSA) is 42.2 Å². The molecule has 3 nitrogen and oxygen atoms in total. The summed E-state index contributed by atoms with van der Waals surface area (Å²) in [5, 5.41) is 10.3. The molecule has 0 unspecified atom stereocenters. The van der Waals surface area contributed by atoms with Gasteiger partial charge in [0.05, 0.1) is 6.10 Å². The number of pyridine rings is 1. The highest BCUT2D eigenvalue weighted by molar-refractivity contribution is 7.71. The molecule has 1 N–H and O–H groups in total. The molecule has 21 heavy (non-hydrogen) atoms. The van der Waals surface area contributed by atoms with E-state index in [0.717, 1.165) is 0 Å². The van der Waals surface area contributed by atoms with Crippen molar-refractivity contribution >= 4 is 18.0 Å². The second-order valence-electron chi connectivity index (χ2n) is 5.28. The highest BCUT2D eigenvalue weighted by atomic mass is 32.1. The molecular formula is C17H19NO2S. The normalized spacial score (nSPS) is 12.4. The number of aromatic nitrogens is 1. The Morgan fingerprint density at radius 3 is 2.48 bits per heavy atom. The summed E-state index contributed by atoms with van der Waals surface area (Å²) < 4.78 is 2.50. The summed E-state index contributed by atoms with van der Waals surface area (Å²) in [4.78, 5) is 12.2. The van der Waals surface area contributed by atoms with Crippen molar-refractivity contribution in [2.75, 3.05) is 0 Å². The summed E-state index contributed by atoms with van der Waals surface area (Å²) in [6.45, 7) is 4.06. The molecule has 1 heterocycles. The average molecular weight is 301 g/mol. The highest BCUT2D eigenvalue weighted by Gasteiger charge is 2.17. The van der Waals surface area contributed by atoms with Crippen molar-refractivity contribution < 1.29 is 9.90 Å². The maximum absolute atomic E-state index is 12.2. The number of Topliss-reactive ketones (excluding diaryl/α,β-unsaturated/α-hetero) is 1. The van der Waals surface area contributed by atoms with Crippen molar-refractivity contribution in [1.82, 2.24) is 4.57 Å². The van der Waals surface area contributed by atoms with Crippen LogP contribution >= 0.6 is 12.2 Å². The van der Waals surface area contributed by atoms with Gasteiger partial charge in [-0.05, 0) is 19.9 Å². The van der Waals surface area contributed by atoms with E-state index >= 15 is 0 Å². The van der Waals surface area contributed by atoms with Gasteiger partial charge in [0.2, 0.25) is 0 Å². The molecule has 0 saturated heterocycles. The standard InChI is InChI=1S/C17H19NO2S/c1-12(2)18-10-6-9-14(17(18)21)16(20)11-15(19)13-7-4-3-5-8-13/h3-10,12,16,20H,11H2,1-2H3/t16-/m0/s1. The van der Waals surface area contributed by atoms with Crippen LogP contribution in [0.4, 0.5) is 0 Å². The minimum absolute atomic E-state index is 0.0375. The fraction of sp³-hybridized carbons (Fsp3) is 0.294. The Hall–Kier alpha value is -1.78. The maximum atomic E-state index is 12.2. The molecule has 2 rings (SSSR count). The zero-order valence-corrected chi connectivity index (χ0v) is 13.0. The van der Waals surface area contributed by atoms with Gasteiger partial charge in [0.15, 0.2) is 5.78 Å². The molecule has 0 amide bonds. The van der Waals surface area contributed by atoms with Crippen molar-refractivity contribution in [2.45, 2.75) is 32.4 Å². The summed E-state index contributed by atoms with van der Waals surface area (Å²) in [5.74, 6) is -0.0857. The lowest BCUT2D eigenvalue weighted by atomic mass is 10.0. The Balaban J connectivity index is 2.22. The van der Waals surface area contributed by atoms with Crippen LogP contribution in [0.15, 0.2) is 48.7 Å². The fourth-order valence-electron chi connectivity index (χ4n) is 2.22. The van der Waals surface area contributed by atoms with Crippen molar-refractivity contribution in [3.8, 4) is 0 Å². The molecule has 110 valence electrons. The third-order valence-corrected chi connectivity index (χ3v) is 3.84. The third kappa shape index (κ3) is 3.65. The molecule has 2 aromatic rings. The second kappa shape index (κ2) is 6.78. The predicted octanol–water partition coefficient (Wildman–Crippen LogP) is 4.10. The van der Waals surface area contributed by atoms with Crippen molar-refractivity contribution in [3.63, 3.8) is 0 Å². The lowest BCUT2D eigenvalue weighted by molar-refractivity contribution is 0.0878. The van der Waals surface area contributed by atoms with Crippen LogP contribution in [0.1, 0.15) is 48.3 Å². The molecule has 0 fully saturated rings. The Morgan fingerprint density at radius 1 is 1.19 bits per heavy atom. The second-order valence-corrected chi connectivity index (χ2v) is 5.67. The highest BCUT2D eigenvalue weighted by Crippen LogP contribution is 2.21. The number of hydrogen-bond acceptors (Lipinski definition) is 3. The summed E-state index contributed by atoms with van der Waals surface area (Å²) in [7, 11) is 0. The van der Waals surface area contributed by atoms with Crippen LogP contribution in [0, 0.1) is 4.64 Å². The molecule has 0 radical (unpaired) electrons. The van der Waals surface area contributed by atoms with Crippen LogP contribution < -0.4 is 0 Å². The van der Waals surface area contributed by atoms with Gasteiger partial charge < -0.3 is 9.67 Å². The molecule has 0 spiro atoms. The van der Waals surface area contributed by atoms with E-state index in [0.29, 0.717) is 15.8 Å². The quantitative estimate of drug-likeness (QED) is 0.667. The number of carbonyl (C=O) groups is 1. The molecule has 1 aromatic heterocycles. The molecule has 4 heteroatoms. The minimum atomic E-state index is -0.878. The molecule has 1 aromatic carbocycles. The SMILES string of the molecule is CC(C)n1cccc([C@@H](O)CC(=O)c2ccccc2)c1=S. The zero-order valence-electron chi connectivity index (χ0n) is 12.2. The van der Waals surface area contributed by atoms with E-state index in [9.17, 15) is 9.90 Å². The van der Waals surface area contributed by atoms with Gasteiger partial charge in [-0.1, -0.05) is 48.6 Å². The fourth-order valence-corrected chi connectivity index (χ4v) is 2.69. The third-order valence-electron chi connectivity index (χ3n) is 3.39. The number of aliphatic hydroxyl groups is 1. The van der Waals surface area contributed by atoms with E-state index in [-0.39, 0.29) is 18.2 Å². The minimum Gasteiger partial charge on any atom is -0.388 e. The van der Waals surface area contributed by atoms with Crippen LogP contribution in [0.3, 0.4) is 0 Å². The van der Waals surface area contributed by atoms with Gasteiger partial charge in [0, 0.05) is 29.8 Å². The van der Waals surface area contributed by atoms with Gasteiger partial charge in [-0.25, -0.2) is 0 Å². The molecule has 0 aliphatic heterocycles. The average Bonchev–Trinajstić information content (AvgIpc) is 2.47.